The Labute approximate surface area is 179 Å². The smallest absolute Gasteiger partial charge is 0.237 e. The molecule has 0 bridgehead atoms. The minimum Gasteiger partial charge on any atom is -0.355 e. The standard InChI is InChI=1S/C26H31N3O/c1-3-27-26(30)25-15-23(28-16-20-9-6-8-19(2)14-20)18-29(25)17-22-12-7-11-21-10-4-5-13-24(21)22/h4-14,23,25,28H,3,15-18H2,1-2H3,(H,27,30)/t23-,25-/m0/s1. The maximum Gasteiger partial charge on any atom is 0.237 e. The second-order valence-electron chi connectivity index (χ2n) is 8.28. The highest BCUT2D eigenvalue weighted by molar-refractivity contribution is 5.86. The van der Waals surface area contributed by atoms with Crippen LogP contribution in [0.2, 0.25) is 0 Å². The van der Waals surface area contributed by atoms with Crippen LogP contribution < -0.4 is 10.6 Å². The average molecular weight is 402 g/mol. The third-order valence-electron chi connectivity index (χ3n) is 5.99. The van der Waals surface area contributed by atoms with E-state index < -0.39 is 0 Å². The summed E-state index contributed by atoms with van der Waals surface area (Å²) in [6, 6.07) is 23.7. The number of hydrogen-bond donors (Lipinski definition) is 2. The maximum absolute atomic E-state index is 12.8. The summed E-state index contributed by atoms with van der Waals surface area (Å²) in [6.07, 6.45) is 0.836. The Balaban J connectivity index is 1.50. The number of hydrogen-bond acceptors (Lipinski definition) is 3. The molecular weight excluding hydrogens is 370 g/mol. The third-order valence-corrected chi connectivity index (χ3v) is 5.99. The van der Waals surface area contributed by atoms with Gasteiger partial charge in [-0.25, -0.2) is 0 Å². The van der Waals surface area contributed by atoms with Crippen molar-refractivity contribution < 1.29 is 4.79 Å². The second kappa shape index (κ2) is 9.41. The quantitative estimate of drug-likeness (QED) is 0.629. The maximum atomic E-state index is 12.8. The van der Waals surface area contributed by atoms with Crippen molar-refractivity contribution in [3.8, 4) is 0 Å². The SMILES string of the molecule is CCNC(=O)[C@@H]1C[C@H](NCc2cccc(C)c2)CN1Cc1cccc2ccccc12. The number of carbonyl (C=O) groups excluding carboxylic acids is 1. The summed E-state index contributed by atoms with van der Waals surface area (Å²) >= 11 is 0. The molecule has 0 radical (unpaired) electrons. The molecule has 1 aliphatic rings. The van der Waals surface area contributed by atoms with E-state index in [0.29, 0.717) is 12.6 Å². The van der Waals surface area contributed by atoms with Crippen LogP contribution in [0.4, 0.5) is 0 Å². The number of likely N-dealkylation sites (tertiary alicyclic amines) is 1. The van der Waals surface area contributed by atoms with Crippen LogP contribution in [0.15, 0.2) is 66.7 Å². The van der Waals surface area contributed by atoms with Crippen molar-refractivity contribution in [2.75, 3.05) is 13.1 Å². The van der Waals surface area contributed by atoms with Gasteiger partial charge >= 0.3 is 0 Å². The van der Waals surface area contributed by atoms with Crippen molar-refractivity contribution >= 4 is 16.7 Å². The van der Waals surface area contributed by atoms with Gasteiger partial charge in [0.25, 0.3) is 0 Å². The fourth-order valence-corrected chi connectivity index (χ4v) is 4.52. The minimum atomic E-state index is -0.0982. The molecule has 1 amide bonds. The lowest BCUT2D eigenvalue weighted by molar-refractivity contribution is -0.125. The highest BCUT2D eigenvalue weighted by Gasteiger charge is 2.36. The van der Waals surface area contributed by atoms with Gasteiger partial charge in [0.2, 0.25) is 5.91 Å². The first-order valence-corrected chi connectivity index (χ1v) is 10.9. The summed E-state index contributed by atoms with van der Waals surface area (Å²) < 4.78 is 0. The van der Waals surface area contributed by atoms with Gasteiger partial charge in [0, 0.05) is 32.2 Å². The summed E-state index contributed by atoms with van der Waals surface area (Å²) in [6.45, 7) is 7.25. The predicted molar refractivity (Wildman–Crippen MR) is 123 cm³/mol. The van der Waals surface area contributed by atoms with Crippen LogP contribution in [0.25, 0.3) is 10.8 Å². The Morgan fingerprint density at radius 3 is 2.70 bits per heavy atom. The summed E-state index contributed by atoms with van der Waals surface area (Å²) in [5.41, 5.74) is 3.84. The van der Waals surface area contributed by atoms with Gasteiger partial charge in [0.1, 0.15) is 0 Å². The van der Waals surface area contributed by atoms with Crippen LogP contribution >= 0.6 is 0 Å². The highest BCUT2D eigenvalue weighted by atomic mass is 16.2. The highest BCUT2D eigenvalue weighted by Crippen LogP contribution is 2.25. The molecule has 4 rings (SSSR count). The van der Waals surface area contributed by atoms with Crippen molar-refractivity contribution in [3.63, 3.8) is 0 Å². The van der Waals surface area contributed by atoms with Gasteiger partial charge in [-0.2, -0.15) is 0 Å². The monoisotopic (exact) mass is 401 g/mol. The Hall–Kier alpha value is -2.69. The van der Waals surface area contributed by atoms with E-state index in [4.69, 9.17) is 0 Å². The van der Waals surface area contributed by atoms with E-state index >= 15 is 0 Å². The van der Waals surface area contributed by atoms with Crippen LogP contribution in [0.3, 0.4) is 0 Å². The van der Waals surface area contributed by atoms with Crippen LogP contribution in [0.5, 0.6) is 0 Å². The molecule has 0 saturated carbocycles. The predicted octanol–water partition coefficient (Wildman–Crippen LogP) is 4.02. The molecular formula is C26H31N3O. The normalized spacial score (nSPS) is 19.3. The summed E-state index contributed by atoms with van der Waals surface area (Å²) in [4.78, 5) is 15.1. The molecule has 4 heteroatoms. The number of carbonyl (C=O) groups is 1. The Kier molecular flexibility index (Phi) is 6.46. The van der Waals surface area contributed by atoms with Crippen LogP contribution in [0, 0.1) is 6.92 Å². The van der Waals surface area contributed by atoms with Crippen molar-refractivity contribution in [3.05, 3.63) is 83.4 Å². The van der Waals surface area contributed by atoms with E-state index in [1.165, 1.54) is 27.5 Å². The number of nitrogens with zero attached hydrogens (tertiary/aromatic N) is 1. The molecule has 4 nitrogen and oxygen atoms in total. The van der Waals surface area contributed by atoms with Gasteiger partial charge in [0.05, 0.1) is 6.04 Å². The fraction of sp³-hybridized carbons (Fsp3) is 0.346. The molecule has 30 heavy (non-hydrogen) atoms. The van der Waals surface area contributed by atoms with Gasteiger partial charge in [-0.05, 0) is 42.2 Å². The molecule has 1 fully saturated rings. The lowest BCUT2D eigenvalue weighted by Gasteiger charge is -2.24. The Morgan fingerprint density at radius 1 is 1.07 bits per heavy atom. The molecule has 1 aliphatic heterocycles. The minimum absolute atomic E-state index is 0.0982. The zero-order chi connectivity index (χ0) is 20.9. The molecule has 2 N–H and O–H groups in total. The number of fused-ring (bicyclic) bond motifs is 1. The largest absolute Gasteiger partial charge is 0.355 e. The Morgan fingerprint density at radius 2 is 1.87 bits per heavy atom. The number of aryl methyl sites for hydroxylation is 1. The van der Waals surface area contributed by atoms with Crippen LogP contribution in [0.1, 0.15) is 30.0 Å². The lowest BCUT2D eigenvalue weighted by atomic mass is 10.0. The fourth-order valence-electron chi connectivity index (χ4n) is 4.52. The van der Waals surface area contributed by atoms with E-state index in [0.717, 1.165) is 26.1 Å². The zero-order valence-electron chi connectivity index (χ0n) is 17.9. The van der Waals surface area contributed by atoms with Crippen molar-refractivity contribution in [1.29, 1.82) is 0 Å². The molecule has 3 aromatic rings. The van der Waals surface area contributed by atoms with Gasteiger partial charge in [-0.15, -0.1) is 0 Å². The molecule has 1 saturated heterocycles. The van der Waals surface area contributed by atoms with Gasteiger partial charge in [0.15, 0.2) is 0 Å². The number of rotatable bonds is 7. The average Bonchev–Trinajstić information content (AvgIpc) is 3.16. The summed E-state index contributed by atoms with van der Waals surface area (Å²) in [5.74, 6) is 0.137. The lowest BCUT2D eigenvalue weighted by Crippen LogP contribution is -2.42. The molecule has 156 valence electrons. The van der Waals surface area contributed by atoms with Crippen LogP contribution in [-0.2, 0) is 17.9 Å². The molecule has 0 aromatic heterocycles. The Bertz CT molecular complexity index is 1010. The van der Waals surface area contributed by atoms with Crippen LogP contribution in [-0.4, -0.2) is 36.0 Å². The molecule has 1 heterocycles. The first kappa shape index (κ1) is 20.6. The first-order chi connectivity index (χ1) is 14.6. The van der Waals surface area contributed by atoms with Gasteiger partial charge in [-0.1, -0.05) is 72.3 Å². The van der Waals surface area contributed by atoms with E-state index in [9.17, 15) is 4.79 Å². The van der Waals surface area contributed by atoms with Gasteiger partial charge < -0.3 is 10.6 Å². The van der Waals surface area contributed by atoms with Crippen molar-refractivity contribution in [2.45, 2.75) is 45.4 Å². The van der Waals surface area contributed by atoms with E-state index in [2.05, 4.69) is 89.2 Å². The number of likely N-dealkylation sites (N-methyl/N-ethyl adjacent to an activating group) is 1. The van der Waals surface area contributed by atoms with Crippen molar-refractivity contribution in [1.82, 2.24) is 15.5 Å². The molecule has 0 unspecified atom stereocenters. The van der Waals surface area contributed by atoms with Gasteiger partial charge in [-0.3, -0.25) is 9.69 Å². The van der Waals surface area contributed by atoms with E-state index in [1.807, 2.05) is 6.92 Å². The molecule has 0 spiro atoms. The van der Waals surface area contributed by atoms with E-state index in [1.54, 1.807) is 0 Å². The number of amides is 1. The van der Waals surface area contributed by atoms with Crippen molar-refractivity contribution in [2.24, 2.45) is 0 Å². The third kappa shape index (κ3) is 4.72. The molecule has 3 aromatic carbocycles. The first-order valence-electron chi connectivity index (χ1n) is 10.9. The van der Waals surface area contributed by atoms with E-state index in [-0.39, 0.29) is 11.9 Å². The zero-order valence-corrected chi connectivity index (χ0v) is 17.9. The summed E-state index contributed by atoms with van der Waals surface area (Å²) in [5, 5.41) is 9.23. The second-order valence-corrected chi connectivity index (χ2v) is 8.28. The topological polar surface area (TPSA) is 44.4 Å². The number of nitrogens with one attached hydrogen (secondary N) is 2. The molecule has 0 aliphatic carbocycles. The summed E-state index contributed by atoms with van der Waals surface area (Å²) in [7, 11) is 0. The number of benzene rings is 3. The molecule has 2 atom stereocenters.